The van der Waals surface area contributed by atoms with Gasteiger partial charge in [0.05, 0.1) is 11.4 Å². The number of aromatic nitrogens is 1. The van der Waals surface area contributed by atoms with Gasteiger partial charge in [0, 0.05) is 23.3 Å². The SMILES string of the molecule is CCN(c1ccccc1)c1ccc(N=Nc2snc(C)c2C#N)c(NC(=O)C(C)(C)C)c1. The van der Waals surface area contributed by atoms with Crippen molar-refractivity contribution >= 4 is 45.2 Å². The van der Waals surface area contributed by atoms with Crippen LogP contribution in [0.4, 0.5) is 27.8 Å². The van der Waals surface area contributed by atoms with E-state index in [4.69, 9.17) is 0 Å². The summed E-state index contributed by atoms with van der Waals surface area (Å²) in [5, 5.41) is 21.4. The molecule has 0 aliphatic carbocycles. The first-order valence-electron chi connectivity index (χ1n) is 10.3. The highest BCUT2D eigenvalue weighted by atomic mass is 32.1. The van der Waals surface area contributed by atoms with Crippen molar-refractivity contribution in [1.82, 2.24) is 4.37 Å². The van der Waals surface area contributed by atoms with Gasteiger partial charge in [0.15, 0.2) is 5.00 Å². The molecule has 3 aromatic rings. The van der Waals surface area contributed by atoms with Crippen molar-refractivity contribution in [1.29, 1.82) is 5.26 Å². The molecule has 1 N–H and O–H groups in total. The Bertz CT molecular complexity index is 1170. The van der Waals surface area contributed by atoms with Crippen molar-refractivity contribution in [3.05, 3.63) is 59.8 Å². The molecule has 0 aliphatic heterocycles. The molecule has 1 amide bonds. The number of hydrogen-bond donors (Lipinski definition) is 1. The molecular formula is C24H26N6OS. The Morgan fingerprint density at radius 3 is 2.50 bits per heavy atom. The van der Waals surface area contributed by atoms with Gasteiger partial charge in [0.25, 0.3) is 0 Å². The lowest BCUT2D eigenvalue weighted by molar-refractivity contribution is -0.123. The van der Waals surface area contributed by atoms with Crippen molar-refractivity contribution in [3.63, 3.8) is 0 Å². The number of para-hydroxylation sites is 1. The van der Waals surface area contributed by atoms with Crippen LogP contribution in [0.15, 0.2) is 58.8 Å². The topological polar surface area (TPSA) is 93.7 Å². The molecule has 0 bridgehead atoms. The average Bonchev–Trinajstić information content (AvgIpc) is 3.13. The predicted molar refractivity (Wildman–Crippen MR) is 129 cm³/mol. The number of anilines is 3. The molecule has 0 spiro atoms. The van der Waals surface area contributed by atoms with Crippen LogP contribution in [0.2, 0.25) is 0 Å². The molecular weight excluding hydrogens is 420 g/mol. The molecule has 0 saturated carbocycles. The fraction of sp³-hybridized carbons (Fsp3) is 0.292. The summed E-state index contributed by atoms with van der Waals surface area (Å²) in [5.74, 6) is -0.125. The van der Waals surface area contributed by atoms with E-state index in [-0.39, 0.29) is 5.91 Å². The van der Waals surface area contributed by atoms with Gasteiger partial charge < -0.3 is 10.2 Å². The summed E-state index contributed by atoms with van der Waals surface area (Å²) in [6.45, 7) is 10.2. The fourth-order valence-corrected chi connectivity index (χ4v) is 3.64. The highest BCUT2D eigenvalue weighted by molar-refractivity contribution is 7.10. The lowest BCUT2D eigenvalue weighted by Gasteiger charge is -2.25. The second-order valence-electron chi connectivity index (χ2n) is 8.25. The summed E-state index contributed by atoms with van der Waals surface area (Å²) >= 11 is 1.12. The minimum atomic E-state index is -0.572. The predicted octanol–water partition coefficient (Wildman–Crippen LogP) is 6.88. The van der Waals surface area contributed by atoms with Gasteiger partial charge in [-0.3, -0.25) is 4.79 Å². The van der Waals surface area contributed by atoms with Crippen LogP contribution < -0.4 is 10.2 Å². The number of rotatable bonds is 6. The van der Waals surface area contributed by atoms with E-state index in [1.807, 2.05) is 69.3 Å². The van der Waals surface area contributed by atoms with Crippen LogP contribution in [0.1, 0.15) is 39.0 Å². The van der Waals surface area contributed by atoms with Crippen molar-refractivity contribution in [2.24, 2.45) is 15.6 Å². The third-order valence-corrected chi connectivity index (χ3v) is 5.63. The lowest BCUT2D eigenvalue weighted by Crippen LogP contribution is -2.27. The highest BCUT2D eigenvalue weighted by Gasteiger charge is 2.23. The van der Waals surface area contributed by atoms with E-state index in [1.54, 1.807) is 6.92 Å². The molecule has 3 rings (SSSR count). The number of nitriles is 1. The van der Waals surface area contributed by atoms with Gasteiger partial charge in [-0.2, -0.15) is 9.64 Å². The third kappa shape index (κ3) is 5.18. The second-order valence-corrected chi connectivity index (χ2v) is 9.00. The molecule has 0 fully saturated rings. The first-order chi connectivity index (χ1) is 15.2. The molecule has 1 aromatic heterocycles. The van der Waals surface area contributed by atoms with Gasteiger partial charge >= 0.3 is 0 Å². The number of azo groups is 1. The smallest absolute Gasteiger partial charge is 0.229 e. The summed E-state index contributed by atoms with van der Waals surface area (Å²) in [5.41, 5.74) is 3.51. The van der Waals surface area contributed by atoms with E-state index in [2.05, 4.69) is 37.8 Å². The number of amides is 1. The molecule has 7 nitrogen and oxygen atoms in total. The number of nitrogens with zero attached hydrogens (tertiary/aromatic N) is 5. The Kier molecular flexibility index (Phi) is 7.01. The summed E-state index contributed by atoms with van der Waals surface area (Å²) in [7, 11) is 0. The maximum absolute atomic E-state index is 12.7. The Hall–Kier alpha value is -3.57. The summed E-state index contributed by atoms with van der Waals surface area (Å²) in [6.07, 6.45) is 0. The van der Waals surface area contributed by atoms with Gasteiger partial charge in [-0.15, -0.1) is 10.2 Å². The van der Waals surface area contributed by atoms with Crippen LogP contribution in [0.3, 0.4) is 0 Å². The molecule has 0 atom stereocenters. The molecule has 0 unspecified atom stereocenters. The Morgan fingerprint density at radius 2 is 1.88 bits per heavy atom. The molecule has 164 valence electrons. The van der Waals surface area contributed by atoms with Crippen LogP contribution in [0.25, 0.3) is 0 Å². The zero-order valence-electron chi connectivity index (χ0n) is 18.9. The first-order valence-corrected chi connectivity index (χ1v) is 11.1. The number of carbonyl (C=O) groups excluding carboxylic acids is 1. The quantitative estimate of drug-likeness (QED) is 0.418. The van der Waals surface area contributed by atoms with Crippen molar-refractivity contribution in [2.45, 2.75) is 34.6 Å². The molecule has 32 heavy (non-hydrogen) atoms. The molecule has 0 aliphatic rings. The van der Waals surface area contributed by atoms with E-state index >= 15 is 0 Å². The molecule has 0 radical (unpaired) electrons. The maximum atomic E-state index is 12.7. The van der Waals surface area contributed by atoms with Crippen LogP contribution >= 0.6 is 11.5 Å². The van der Waals surface area contributed by atoms with Gasteiger partial charge in [-0.1, -0.05) is 39.0 Å². The Balaban J connectivity index is 2.03. The minimum Gasteiger partial charge on any atom is -0.342 e. The normalized spacial score (nSPS) is 11.4. The van der Waals surface area contributed by atoms with Crippen LogP contribution in [-0.2, 0) is 4.79 Å². The third-order valence-electron chi connectivity index (χ3n) is 4.81. The summed E-state index contributed by atoms with van der Waals surface area (Å²) in [4.78, 5) is 14.9. The second kappa shape index (κ2) is 9.71. The van der Waals surface area contributed by atoms with Crippen LogP contribution in [0, 0.1) is 23.7 Å². The standard InChI is InChI=1S/C24H26N6OS/c1-6-30(17-10-8-7-9-11-17)18-12-13-20(21(14-18)26-23(31)24(3,4)5)27-28-22-19(15-25)16(2)29-32-22/h7-14H,6H2,1-5H3,(H,26,31). The number of nitrogens with one attached hydrogen (secondary N) is 1. The van der Waals surface area contributed by atoms with E-state index < -0.39 is 5.41 Å². The first kappa shape index (κ1) is 23.1. The lowest BCUT2D eigenvalue weighted by atomic mass is 9.95. The summed E-state index contributed by atoms with van der Waals surface area (Å²) in [6, 6.07) is 17.8. The van der Waals surface area contributed by atoms with Crippen molar-refractivity contribution in [2.75, 3.05) is 16.8 Å². The van der Waals surface area contributed by atoms with Crippen molar-refractivity contribution < 1.29 is 4.79 Å². The molecule has 2 aromatic carbocycles. The van der Waals surface area contributed by atoms with E-state index in [0.717, 1.165) is 29.5 Å². The number of hydrogen-bond acceptors (Lipinski definition) is 7. The number of aryl methyl sites for hydroxylation is 1. The fourth-order valence-electron chi connectivity index (χ4n) is 2.97. The number of benzene rings is 2. The van der Waals surface area contributed by atoms with Gasteiger partial charge in [-0.25, -0.2) is 0 Å². The van der Waals surface area contributed by atoms with E-state index in [0.29, 0.717) is 27.6 Å². The zero-order chi connectivity index (χ0) is 23.3. The van der Waals surface area contributed by atoms with Gasteiger partial charge in [-0.05, 0) is 55.7 Å². The summed E-state index contributed by atoms with van der Waals surface area (Å²) < 4.78 is 4.17. The largest absolute Gasteiger partial charge is 0.342 e. The molecule has 8 heteroatoms. The monoisotopic (exact) mass is 446 g/mol. The van der Waals surface area contributed by atoms with E-state index in [1.165, 1.54) is 0 Å². The highest BCUT2D eigenvalue weighted by Crippen LogP contribution is 2.36. The van der Waals surface area contributed by atoms with Gasteiger partial charge in [0.2, 0.25) is 5.91 Å². The van der Waals surface area contributed by atoms with Gasteiger partial charge in [0.1, 0.15) is 17.3 Å². The molecule has 0 saturated heterocycles. The van der Waals surface area contributed by atoms with Crippen LogP contribution in [0.5, 0.6) is 0 Å². The average molecular weight is 447 g/mol. The van der Waals surface area contributed by atoms with Crippen molar-refractivity contribution in [3.8, 4) is 6.07 Å². The Morgan fingerprint density at radius 1 is 1.16 bits per heavy atom. The minimum absolute atomic E-state index is 0.125. The van der Waals surface area contributed by atoms with Crippen LogP contribution in [-0.4, -0.2) is 16.8 Å². The van der Waals surface area contributed by atoms with E-state index in [9.17, 15) is 10.1 Å². The molecule has 1 heterocycles. The maximum Gasteiger partial charge on any atom is 0.229 e. The zero-order valence-corrected chi connectivity index (χ0v) is 19.7. The number of carbonyl (C=O) groups is 1. The Labute approximate surface area is 192 Å².